The molecule has 0 saturated heterocycles. The van der Waals surface area contributed by atoms with Crippen LogP contribution in [0, 0.1) is 5.92 Å². The Balaban J connectivity index is 2.70. The van der Waals surface area contributed by atoms with Gasteiger partial charge in [0.05, 0.1) is 0 Å². The number of benzene rings is 1. The minimum absolute atomic E-state index is 0.0510. The molecule has 94 valence electrons. The van der Waals surface area contributed by atoms with Gasteiger partial charge in [-0.15, -0.1) is 0 Å². The molecule has 17 heavy (non-hydrogen) atoms. The Bertz CT molecular complexity index is 352. The molecule has 1 aromatic rings. The Kier molecular flexibility index (Phi) is 5.36. The van der Waals surface area contributed by atoms with E-state index in [2.05, 4.69) is 38.1 Å². The molecule has 1 N–H and O–H groups in total. The summed E-state index contributed by atoms with van der Waals surface area (Å²) in [6, 6.07) is 8.41. The van der Waals surface area contributed by atoms with Crippen LogP contribution in [0.15, 0.2) is 24.3 Å². The number of hydrogen-bond donors (Lipinski definition) is 1. The molecule has 2 nitrogen and oxygen atoms in total. The highest BCUT2D eigenvalue weighted by molar-refractivity contribution is 5.78. The van der Waals surface area contributed by atoms with Crippen molar-refractivity contribution in [3.63, 3.8) is 0 Å². The maximum atomic E-state index is 11.4. The Morgan fingerprint density at radius 1 is 1.24 bits per heavy atom. The van der Waals surface area contributed by atoms with E-state index in [1.165, 1.54) is 11.1 Å². The van der Waals surface area contributed by atoms with Gasteiger partial charge in [-0.3, -0.25) is 4.79 Å². The second-order valence-corrected chi connectivity index (χ2v) is 4.92. The maximum absolute atomic E-state index is 11.4. The van der Waals surface area contributed by atoms with Gasteiger partial charge in [-0.1, -0.05) is 38.1 Å². The average Bonchev–Trinajstić information content (AvgIpc) is 2.29. The summed E-state index contributed by atoms with van der Waals surface area (Å²) in [4.78, 5) is 11.4. The van der Waals surface area contributed by atoms with Crippen LogP contribution in [0.4, 0.5) is 0 Å². The molecule has 0 aliphatic rings. The van der Waals surface area contributed by atoms with E-state index in [1.54, 1.807) is 6.92 Å². The van der Waals surface area contributed by atoms with Crippen molar-refractivity contribution in [3.8, 4) is 0 Å². The molecule has 0 aliphatic heterocycles. The summed E-state index contributed by atoms with van der Waals surface area (Å²) in [5.41, 5.74) is 2.48. The summed E-state index contributed by atoms with van der Waals surface area (Å²) >= 11 is 0. The van der Waals surface area contributed by atoms with Crippen LogP contribution in [0.1, 0.15) is 44.2 Å². The molecule has 1 aromatic carbocycles. The number of Topliss-reactive ketones (excluding diaryl/α,β-unsaturated/α-hetero) is 1. The highest BCUT2D eigenvalue weighted by Gasteiger charge is 2.14. The third-order valence-corrected chi connectivity index (χ3v) is 3.18. The van der Waals surface area contributed by atoms with Crippen LogP contribution in [0.2, 0.25) is 0 Å². The van der Waals surface area contributed by atoms with Crippen molar-refractivity contribution >= 4 is 5.78 Å². The molecule has 1 unspecified atom stereocenters. The topological polar surface area (TPSA) is 37.3 Å². The molecule has 0 heterocycles. The lowest BCUT2D eigenvalue weighted by Crippen LogP contribution is -2.15. The van der Waals surface area contributed by atoms with Crippen LogP contribution in [0.5, 0.6) is 0 Å². The fourth-order valence-corrected chi connectivity index (χ4v) is 1.93. The summed E-state index contributed by atoms with van der Waals surface area (Å²) in [5.74, 6) is 0.641. The van der Waals surface area contributed by atoms with Gasteiger partial charge in [-0.25, -0.2) is 0 Å². The quantitative estimate of drug-likeness (QED) is 0.821. The molecule has 0 fully saturated rings. The van der Waals surface area contributed by atoms with Crippen LogP contribution in [0.25, 0.3) is 0 Å². The van der Waals surface area contributed by atoms with Gasteiger partial charge >= 0.3 is 0 Å². The van der Waals surface area contributed by atoms with E-state index in [9.17, 15) is 4.79 Å². The molecule has 0 aromatic heterocycles. The first-order valence-electron chi connectivity index (χ1n) is 6.24. The zero-order chi connectivity index (χ0) is 12.8. The summed E-state index contributed by atoms with van der Waals surface area (Å²) in [5, 5.41) is 8.93. The first-order chi connectivity index (χ1) is 8.04. The van der Waals surface area contributed by atoms with Gasteiger partial charge in [0.15, 0.2) is 0 Å². The summed E-state index contributed by atoms with van der Waals surface area (Å²) in [7, 11) is 0. The van der Waals surface area contributed by atoms with Crippen LogP contribution >= 0.6 is 0 Å². The zero-order valence-electron chi connectivity index (χ0n) is 10.9. The van der Waals surface area contributed by atoms with Gasteiger partial charge in [-0.05, 0) is 36.8 Å². The molecule has 0 radical (unpaired) electrons. The number of aliphatic hydroxyl groups excluding tert-OH is 1. The van der Waals surface area contributed by atoms with Gasteiger partial charge in [0.25, 0.3) is 0 Å². The van der Waals surface area contributed by atoms with E-state index >= 15 is 0 Å². The Labute approximate surface area is 104 Å². The van der Waals surface area contributed by atoms with E-state index in [1.807, 2.05) is 0 Å². The van der Waals surface area contributed by atoms with E-state index in [0.29, 0.717) is 12.3 Å². The van der Waals surface area contributed by atoms with Gasteiger partial charge in [-0.2, -0.15) is 0 Å². The van der Waals surface area contributed by atoms with Crippen molar-refractivity contribution < 1.29 is 9.90 Å². The lowest BCUT2D eigenvalue weighted by Gasteiger charge is -2.13. The molecular formula is C15H22O2. The second kappa shape index (κ2) is 6.55. The molecule has 0 aliphatic carbocycles. The number of hydrogen-bond acceptors (Lipinski definition) is 2. The Hall–Kier alpha value is -1.15. The maximum Gasteiger partial charge on any atom is 0.133 e. The van der Waals surface area contributed by atoms with Crippen molar-refractivity contribution in [1.29, 1.82) is 0 Å². The van der Waals surface area contributed by atoms with Crippen molar-refractivity contribution in [2.75, 3.05) is 6.61 Å². The number of carbonyl (C=O) groups is 1. The van der Waals surface area contributed by atoms with Gasteiger partial charge in [0.1, 0.15) is 5.78 Å². The van der Waals surface area contributed by atoms with Crippen molar-refractivity contribution in [2.24, 2.45) is 5.92 Å². The molecule has 0 spiro atoms. The van der Waals surface area contributed by atoms with Gasteiger partial charge in [0.2, 0.25) is 0 Å². The molecule has 0 bridgehead atoms. The first kappa shape index (κ1) is 13.9. The first-order valence-corrected chi connectivity index (χ1v) is 6.24. The van der Waals surface area contributed by atoms with Crippen molar-refractivity contribution in [2.45, 2.75) is 39.5 Å². The fourth-order valence-electron chi connectivity index (χ4n) is 1.93. The van der Waals surface area contributed by atoms with Crippen molar-refractivity contribution in [3.05, 3.63) is 35.4 Å². The lowest BCUT2D eigenvalue weighted by atomic mass is 9.92. The monoisotopic (exact) mass is 234 g/mol. The minimum Gasteiger partial charge on any atom is -0.396 e. The van der Waals surface area contributed by atoms with E-state index < -0.39 is 0 Å². The highest BCUT2D eigenvalue weighted by atomic mass is 16.3. The minimum atomic E-state index is -0.0510. The Morgan fingerprint density at radius 3 is 2.24 bits per heavy atom. The van der Waals surface area contributed by atoms with E-state index in [-0.39, 0.29) is 18.3 Å². The van der Waals surface area contributed by atoms with Gasteiger partial charge < -0.3 is 5.11 Å². The Morgan fingerprint density at radius 2 is 1.82 bits per heavy atom. The van der Waals surface area contributed by atoms with Crippen LogP contribution in [-0.4, -0.2) is 17.5 Å². The smallest absolute Gasteiger partial charge is 0.133 e. The third-order valence-electron chi connectivity index (χ3n) is 3.18. The fraction of sp³-hybridized carbons (Fsp3) is 0.533. The largest absolute Gasteiger partial charge is 0.396 e. The molecular weight excluding hydrogens is 212 g/mol. The second-order valence-electron chi connectivity index (χ2n) is 4.92. The number of carbonyl (C=O) groups excluding carboxylic acids is 1. The summed E-state index contributed by atoms with van der Waals surface area (Å²) < 4.78 is 0. The summed E-state index contributed by atoms with van der Waals surface area (Å²) in [6.07, 6.45) is 1.29. The van der Waals surface area contributed by atoms with Gasteiger partial charge in [0, 0.05) is 12.5 Å². The van der Waals surface area contributed by atoms with E-state index in [4.69, 9.17) is 5.11 Å². The predicted octanol–water partition coefficient (Wildman–Crippen LogP) is 2.94. The van der Waals surface area contributed by atoms with E-state index in [0.717, 1.165) is 6.42 Å². The summed E-state index contributed by atoms with van der Waals surface area (Å²) in [6.45, 7) is 6.01. The highest BCUT2D eigenvalue weighted by Crippen LogP contribution is 2.18. The zero-order valence-corrected chi connectivity index (χ0v) is 10.9. The van der Waals surface area contributed by atoms with Crippen LogP contribution in [0.3, 0.4) is 0 Å². The molecule has 0 amide bonds. The molecule has 0 saturated carbocycles. The number of rotatable bonds is 6. The van der Waals surface area contributed by atoms with Crippen LogP contribution < -0.4 is 0 Å². The van der Waals surface area contributed by atoms with Crippen molar-refractivity contribution in [1.82, 2.24) is 0 Å². The molecule has 1 atom stereocenters. The number of aliphatic hydroxyl groups is 1. The molecule has 2 heteroatoms. The molecule has 1 rings (SSSR count). The predicted molar refractivity (Wildman–Crippen MR) is 70.1 cm³/mol. The average molecular weight is 234 g/mol. The third kappa shape index (κ3) is 4.31. The van der Waals surface area contributed by atoms with Crippen LogP contribution in [-0.2, 0) is 11.2 Å². The lowest BCUT2D eigenvalue weighted by molar-refractivity contribution is -0.121. The standard InChI is InChI=1S/C15H22O2/c1-11(2)14-6-4-13(5-7-14)10-15(8-9-16)12(3)17/h4-7,11,15-16H,8-10H2,1-3H3. The number of ketones is 1. The SMILES string of the molecule is CC(=O)C(CCO)Cc1ccc(C(C)C)cc1. The normalized spacial score (nSPS) is 12.8.